The zero-order valence-corrected chi connectivity index (χ0v) is 10.3. The molecule has 1 atom stereocenters. The number of aliphatic carboxylic acids is 3. The van der Waals surface area contributed by atoms with Crippen LogP contribution in [0.25, 0.3) is 0 Å². The van der Waals surface area contributed by atoms with E-state index in [9.17, 15) is 19.2 Å². The summed E-state index contributed by atoms with van der Waals surface area (Å²) < 4.78 is 4.33. The first-order chi connectivity index (χ1) is 8.10. The van der Waals surface area contributed by atoms with Gasteiger partial charge in [0.15, 0.2) is 0 Å². The number of aliphatic hydroxyl groups excluding tert-OH is 1. The van der Waals surface area contributed by atoms with Gasteiger partial charge in [-0.3, -0.25) is 9.59 Å². The summed E-state index contributed by atoms with van der Waals surface area (Å²) in [7, 11) is 0. The van der Waals surface area contributed by atoms with Crippen LogP contribution in [0.15, 0.2) is 0 Å². The summed E-state index contributed by atoms with van der Waals surface area (Å²) in [6.45, 7) is 0.969. The molecule has 1 unspecified atom stereocenters. The van der Waals surface area contributed by atoms with Crippen molar-refractivity contribution in [3.05, 3.63) is 0 Å². The van der Waals surface area contributed by atoms with E-state index in [4.69, 9.17) is 20.4 Å². The minimum atomic E-state index is -2.74. The average Bonchev–Trinajstić information content (AvgIpc) is 2.14. The number of aliphatic hydroxyl groups is 1. The Labute approximate surface area is 168 Å². The van der Waals surface area contributed by atoms with Gasteiger partial charge in [0, 0.05) is 0 Å². The molecule has 11 nitrogen and oxygen atoms in total. The summed E-state index contributed by atoms with van der Waals surface area (Å²) >= 11 is 0. The molecular weight excluding hydrogens is 330 g/mol. The summed E-state index contributed by atoms with van der Waals surface area (Å²) in [5, 5.41) is 34.8. The Hall–Kier alpha value is -0.240. The van der Waals surface area contributed by atoms with E-state index in [-0.39, 0.29) is 70.1 Å². The third-order valence-corrected chi connectivity index (χ3v) is 1.90. The van der Waals surface area contributed by atoms with Gasteiger partial charge in [-0.25, -0.2) is 9.59 Å². The first-order valence-corrected chi connectivity index (χ1v) is 4.68. The molecule has 122 valence electrons. The Morgan fingerprint density at radius 1 is 0.955 bits per heavy atom. The molecule has 0 saturated heterocycles. The Kier molecular flexibility index (Phi) is 21.8. The number of carbonyl (C=O) groups excluding carboxylic acids is 1. The third-order valence-electron chi connectivity index (χ3n) is 1.90. The molecule has 0 aliphatic rings. The first-order valence-electron chi connectivity index (χ1n) is 4.68. The minimum absolute atomic E-state index is 0. The zero-order chi connectivity index (χ0) is 14.5. The monoisotopic (exact) mass is 348 g/mol. The molecule has 0 aliphatic carbocycles. The van der Waals surface area contributed by atoms with Gasteiger partial charge < -0.3 is 36.1 Å². The van der Waals surface area contributed by atoms with Crippen molar-refractivity contribution in [3.63, 3.8) is 0 Å². The summed E-state index contributed by atoms with van der Waals surface area (Å²) in [6.07, 6.45) is -4.16. The van der Waals surface area contributed by atoms with Crippen LogP contribution < -0.4 is 0 Å². The molecule has 0 aromatic rings. The van der Waals surface area contributed by atoms with Crippen LogP contribution in [0, 0.1) is 0 Å². The van der Waals surface area contributed by atoms with E-state index in [0.29, 0.717) is 0 Å². The number of carboxylic acids is 3. The van der Waals surface area contributed by atoms with E-state index in [2.05, 4.69) is 4.74 Å². The van der Waals surface area contributed by atoms with Crippen molar-refractivity contribution in [2.45, 2.75) is 31.5 Å². The van der Waals surface area contributed by atoms with Crippen LogP contribution in [-0.4, -0.2) is 126 Å². The normalized spacial score (nSPS) is 10.3. The van der Waals surface area contributed by atoms with Gasteiger partial charge in [0.25, 0.3) is 0 Å². The summed E-state index contributed by atoms with van der Waals surface area (Å²) in [6, 6.07) is 0. The number of hydrogen-bond donors (Lipinski definition) is 4. The predicted octanol–water partition coefficient (Wildman–Crippen LogP) is -4.26. The molecule has 0 bridgehead atoms. The van der Waals surface area contributed by atoms with Gasteiger partial charge >= 0.3 is 83.0 Å². The Bertz CT molecular complexity index is 366. The summed E-state index contributed by atoms with van der Waals surface area (Å²) in [5.41, 5.74) is -2.74. The van der Waals surface area contributed by atoms with Gasteiger partial charge in [-0.15, -0.1) is 0 Å². The quantitative estimate of drug-likeness (QED) is 0.258. The van der Waals surface area contributed by atoms with E-state index in [1.807, 2.05) is 0 Å². The van der Waals surface area contributed by atoms with Gasteiger partial charge in [0.05, 0.1) is 12.8 Å². The second-order valence-electron chi connectivity index (χ2n) is 3.54. The molecule has 13 heteroatoms. The molecule has 0 spiro atoms. The average molecular weight is 348 g/mol. The van der Waals surface area contributed by atoms with Crippen LogP contribution >= 0.6 is 0 Å². The molecule has 0 heterocycles. The molecular formula is C9H18Na2O11. The third kappa shape index (κ3) is 11.3. The Morgan fingerprint density at radius 3 is 1.45 bits per heavy atom. The second kappa shape index (κ2) is 14.4. The van der Waals surface area contributed by atoms with Crippen molar-refractivity contribution in [1.29, 1.82) is 0 Å². The second-order valence-corrected chi connectivity index (χ2v) is 3.54. The van der Waals surface area contributed by atoms with Gasteiger partial charge in [0.1, 0.15) is 6.10 Å². The maximum absolute atomic E-state index is 11.1. The number of hydrogen-bond acceptors (Lipinski definition) is 6. The Balaban J connectivity index is -0.000000241. The van der Waals surface area contributed by atoms with Crippen molar-refractivity contribution >= 4 is 83.0 Å². The first kappa shape index (κ1) is 33.4. The summed E-state index contributed by atoms with van der Waals surface area (Å²) in [4.78, 5) is 43.2. The number of esters is 1. The van der Waals surface area contributed by atoms with Crippen molar-refractivity contribution in [3.8, 4) is 0 Å². The van der Waals surface area contributed by atoms with E-state index >= 15 is 0 Å². The molecule has 0 aromatic carbocycles. The number of carboxylic acid groups (broad SMARTS) is 3. The topological polar surface area (TPSA) is 221 Å². The Morgan fingerprint density at radius 2 is 1.27 bits per heavy atom. The fraction of sp³-hybridized carbons (Fsp3) is 0.556. The zero-order valence-electron chi connectivity index (χ0n) is 10.3. The van der Waals surface area contributed by atoms with Crippen LogP contribution in [0.5, 0.6) is 0 Å². The van der Waals surface area contributed by atoms with Crippen molar-refractivity contribution in [1.82, 2.24) is 0 Å². The molecule has 0 radical (unpaired) electrons. The fourth-order valence-electron chi connectivity index (χ4n) is 1.10. The van der Waals surface area contributed by atoms with Crippen molar-refractivity contribution in [2.75, 3.05) is 0 Å². The SMILES string of the molecule is CC(O)C(=O)OC(CC(=O)O)(CC(=O)O)C(=O)O.O.O.[NaH].[NaH]. The molecule has 0 amide bonds. The van der Waals surface area contributed by atoms with E-state index in [1.165, 1.54) is 0 Å². The van der Waals surface area contributed by atoms with Crippen LogP contribution in [0.1, 0.15) is 19.8 Å². The molecule has 0 rings (SSSR count). The van der Waals surface area contributed by atoms with Crippen molar-refractivity contribution < 1.29 is 55.3 Å². The number of ether oxygens (including phenoxy) is 1. The predicted molar refractivity (Wildman–Crippen MR) is 74.2 cm³/mol. The van der Waals surface area contributed by atoms with Crippen LogP contribution in [-0.2, 0) is 23.9 Å². The van der Waals surface area contributed by atoms with Gasteiger partial charge in [-0.05, 0) is 6.92 Å². The maximum atomic E-state index is 11.1. The van der Waals surface area contributed by atoms with Gasteiger partial charge in [-0.1, -0.05) is 0 Å². The summed E-state index contributed by atoms with van der Waals surface area (Å²) in [5.74, 6) is -6.64. The number of rotatable bonds is 7. The standard InChI is InChI=1S/C9H12O9.2Na.2H2O.2H/c1-4(10)7(15)18-9(8(16)17,2-5(11)12)3-6(13)14;;;;;;/h4,10H,2-3H2,1H3,(H,11,12)(H,13,14)(H,16,17);;;2*1H2;;. The molecule has 8 N–H and O–H groups in total. The van der Waals surface area contributed by atoms with E-state index in [0.717, 1.165) is 6.92 Å². The molecule has 22 heavy (non-hydrogen) atoms. The molecule has 0 saturated carbocycles. The number of carbonyl (C=O) groups is 4. The van der Waals surface area contributed by atoms with Crippen LogP contribution in [0.2, 0.25) is 0 Å². The fourth-order valence-corrected chi connectivity index (χ4v) is 1.10. The van der Waals surface area contributed by atoms with Gasteiger partial charge in [0.2, 0.25) is 5.60 Å². The van der Waals surface area contributed by atoms with E-state index in [1.54, 1.807) is 0 Å². The van der Waals surface area contributed by atoms with Crippen LogP contribution in [0.3, 0.4) is 0 Å². The molecule has 0 aromatic heterocycles. The molecule has 0 aliphatic heterocycles. The van der Waals surface area contributed by atoms with Crippen molar-refractivity contribution in [2.24, 2.45) is 0 Å². The molecule has 0 fully saturated rings. The van der Waals surface area contributed by atoms with Crippen LogP contribution in [0.4, 0.5) is 0 Å². The van der Waals surface area contributed by atoms with Gasteiger partial charge in [-0.2, -0.15) is 0 Å². The van der Waals surface area contributed by atoms with E-state index < -0.39 is 48.4 Å².